The Kier molecular flexibility index (Phi) is 7.15. The summed E-state index contributed by atoms with van der Waals surface area (Å²) in [5.41, 5.74) is 0. The molecule has 1 rings (SSSR count). The Morgan fingerprint density at radius 1 is 1.44 bits per heavy atom. The molecule has 0 saturated heterocycles. The lowest BCUT2D eigenvalue weighted by molar-refractivity contribution is -0.139. The number of rotatable bonds is 8. The van der Waals surface area contributed by atoms with Crippen LogP contribution in [0.4, 0.5) is 0 Å². The lowest BCUT2D eigenvalue weighted by atomic mass is 10.3. The number of nitrogens with one attached hydrogen (secondary N) is 1. The fraction of sp³-hybridized carbons (Fsp3) is 0.583. The highest BCUT2D eigenvalue weighted by Crippen LogP contribution is 2.17. The van der Waals surface area contributed by atoms with Gasteiger partial charge < -0.3 is 10.1 Å². The maximum absolute atomic E-state index is 11.1. The van der Waals surface area contributed by atoms with Crippen LogP contribution in [0.25, 0.3) is 0 Å². The summed E-state index contributed by atoms with van der Waals surface area (Å²) in [5.74, 6) is 0.534. The summed E-state index contributed by atoms with van der Waals surface area (Å²) in [6.45, 7) is 1.66. The third-order valence-corrected chi connectivity index (χ3v) is 4.30. The molecule has 0 aliphatic rings. The lowest BCUT2D eigenvalue weighted by Crippen LogP contribution is -2.15. The maximum Gasteiger partial charge on any atom is 0.310 e. The van der Waals surface area contributed by atoms with Crippen LogP contribution in [0.15, 0.2) is 12.1 Å². The first kappa shape index (κ1) is 15.3. The summed E-state index contributed by atoms with van der Waals surface area (Å²) in [7, 11) is 0.693. The van der Waals surface area contributed by atoms with Crippen molar-refractivity contribution in [1.82, 2.24) is 5.32 Å². The summed E-state index contributed by atoms with van der Waals surface area (Å²) in [6.07, 6.45) is 2.98. The van der Waals surface area contributed by atoms with Crippen molar-refractivity contribution in [3.63, 3.8) is 0 Å². The summed E-state index contributed by atoms with van der Waals surface area (Å²) in [5, 5.41) is 3.30. The molecular formula is C12H19NO3S2. The van der Waals surface area contributed by atoms with Crippen LogP contribution in [0.5, 0.6) is 0 Å². The number of methoxy groups -OCH3 is 1. The first-order valence-electron chi connectivity index (χ1n) is 5.77. The average molecular weight is 289 g/mol. The van der Waals surface area contributed by atoms with Gasteiger partial charge in [-0.1, -0.05) is 0 Å². The number of thiophene rings is 1. The van der Waals surface area contributed by atoms with E-state index in [0.717, 1.165) is 30.1 Å². The Morgan fingerprint density at radius 3 is 2.83 bits per heavy atom. The van der Waals surface area contributed by atoms with Crippen LogP contribution in [0.1, 0.15) is 16.2 Å². The van der Waals surface area contributed by atoms with E-state index in [-0.39, 0.29) is 5.97 Å². The molecule has 6 heteroatoms. The SMILES string of the molecule is COC(=O)Cc1ccc(CNCCCS(C)=O)s1. The second-order valence-corrected chi connectivity index (χ2v) is 6.74. The number of hydrogen-bond donors (Lipinski definition) is 1. The van der Waals surface area contributed by atoms with Crippen molar-refractivity contribution in [1.29, 1.82) is 0 Å². The van der Waals surface area contributed by atoms with Crippen LogP contribution in [0, 0.1) is 0 Å². The first-order valence-corrected chi connectivity index (χ1v) is 8.31. The molecule has 0 fully saturated rings. The van der Waals surface area contributed by atoms with E-state index in [1.807, 2.05) is 12.1 Å². The van der Waals surface area contributed by atoms with Gasteiger partial charge in [-0.05, 0) is 25.1 Å². The second kappa shape index (κ2) is 8.39. The van der Waals surface area contributed by atoms with Crippen molar-refractivity contribution in [2.75, 3.05) is 25.7 Å². The minimum atomic E-state index is -0.706. The van der Waals surface area contributed by atoms with Crippen molar-refractivity contribution < 1.29 is 13.7 Å². The summed E-state index contributed by atoms with van der Waals surface area (Å²) in [6, 6.07) is 3.98. The molecule has 1 unspecified atom stereocenters. The lowest BCUT2D eigenvalue weighted by Gasteiger charge is -2.01. The highest BCUT2D eigenvalue weighted by molar-refractivity contribution is 7.84. The van der Waals surface area contributed by atoms with Gasteiger partial charge in [-0.15, -0.1) is 11.3 Å². The van der Waals surface area contributed by atoms with Crippen molar-refractivity contribution in [2.24, 2.45) is 0 Å². The largest absolute Gasteiger partial charge is 0.469 e. The third kappa shape index (κ3) is 6.28. The van der Waals surface area contributed by atoms with E-state index >= 15 is 0 Å². The molecule has 0 aliphatic heterocycles. The van der Waals surface area contributed by atoms with Crippen LogP contribution < -0.4 is 5.32 Å². The first-order chi connectivity index (χ1) is 8.61. The molecular weight excluding hydrogens is 270 g/mol. The van der Waals surface area contributed by atoms with E-state index in [0.29, 0.717) is 6.42 Å². The zero-order chi connectivity index (χ0) is 13.4. The zero-order valence-electron chi connectivity index (χ0n) is 10.7. The van der Waals surface area contributed by atoms with Gasteiger partial charge in [0.05, 0.1) is 13.5 Å². The van der Waals surface area contributed by atoms with Crippen LogP contribution >= 0.6 is 11.3 Å². The zero-order valence-corrected chi connectivity index (χ0v) is 12.4. The van der Waals surface area contributed by atoms with Gasteiger partial charge in [-0.3, -0.25) is 9.00 Å². The molecule has 0 aliphatic carbocycles. The van der Waals surface area contributed by atoms with Crippen LogP contribution in [0.3, 0.4) is 0 Å². The molecule has 0 aromatic carbocycles. The fourth-order valence-electron chi connectivity index (χ4n) is 1.44. The number of carbonyl (C=O) groups is 1. The smallest absolute Gasteiger partial charge is 0.310 e. The maximum atomic E-state index is 11.1. The molecule has 102 valence electrons. The molecule has 0 amide bonds. The minimum Gasteiger partial charge on any atom is -0.469 e. The van der Waals surface area contributed by atoms with E-state index in [4.69, 9.17) is 0 Å². The van der Waals surface area contributed by atoms with Crippen LogP contribution in [-0.4, -0.2) is 35.8 Å². The molecule has 0 saturated carbocycles. The van der Waals surface area contributed by atoms with Crippen molar-refractivity contribution in [2.45, 2.75) is 19.4 Å². The summed E-state index contributed by atoms with van der Waals surface area (Å²) in [4.78, 5) is 13.3. The normalized spacial score (nSPS) is 12.3. The molecule has 0 bridgehead atoms. The van der Waals surface area contributed by atoms with E-state index in [9.17, 15) is 9.00 Å². The molecule has 0 radical (unpaired) electrons. The van der Waals surface area contributed by atoms with Crippen molar-refractivity contribution >= 4 is 28.1 Å². The highest BCUT2D eigenvalue weighted by atomic mass is 32.2. The quantitative estimate of drug-likeness (QED) is 0.579. The van der Waals surface area contributed by atoms with Gasteiger partial charge in [0, 0.05) is 39.1 Å². The van der Waals surface area contributed by atoms with Gasteiger partial charge in [-0.2, -0.15) is 0 Å². The standard InChI is InChI=1S/C12H19NO3S2/c1-16-12(14)8-10-4-5-11(17-10)9-13-6-3-7-18(2)15/h4-5,13H,3,6-9H2,1-2H3. The van der Waals surface area contributed by atoms with E-state index in [2.05, 4.69) is 10.1 Å². The molecule has 1 N–H and O–H groups in total. The Labute approximate surface area is 114 Å². The number of carbonyl (C=O) groups excluding carboxylic acids is 1. The Morgan fingerprint density at radius 2 is 2.17 bits per heavy atom. The molecule has 18 heavy (non-hydrogen) atoms. The second-order valence-electron chi connectivity index (χ2n) is 3.93. The topological polar surface area (TPSA) is 55.4 Å². The molecule has 0 spiro atoms. The molecule has 1 aromatic heterocycles. The average Bonchev–Trinajstić information content (AvgIpc) is 2.75. The van der Waals surface area contributed by atoms with Gasteiger partial charge in [-0.25, -0.2) is 0 Å². The Balaban J connectivity index is 2.23. The Bertz CT molecular complexity index is 404. The van der Waals surface area contributed by atoms with Gasteiger partial charge in [0.2, 0.25) is 0 Å². The molecule has 1 aromatic rings. The van der Waals surface area contributed by atoms with E-state index in [1.165, 1.54) is 12.0 Å². The van der Waals surface area contributed by atoms with E-state index in [1.54, 1.807) is 17.6 Å². The van der Waals surface area contributed by atoms with Crippen LogP contribution in [0.2, 0.25) is 0 Å². The van der Waals surface area contributed by atoms with Gasteiger partial charge in [0.1, 0.15) is 0 Å². The Hall–Kier alpha value is -0.720. The van der Waals surface area contributed by atoms with Gasteiger partial charge in [0.25, 0.3) is 0 Å². The van der Waals surface area contributed by atoms with Gasteiger partial charge >= 0.3 is 5.97 Å². The van der Waals surface area contributed by atoms with Gasteiger partial charge in [0.15, 0.2) is 0 Å². The highest BCUT2D eigenvalue weighted by Gasteiger charge is 2.05. The molecule has 1 heterocycles. The molecule has 1 atom stereocenters. The number of ether oxygens (including phenoxy) is 1. The molecule has 4 nitrogen and oxygen atoms in total. The van der Waals surface area contributed by atoms with Crippen LogP contribution in [-0.2, 0) is 33.3 Å². The van der Waals surface area contributed by atoms with Crippen molar-refractivity contribution in [3.8, 4) is 0 Å². The monoisotopic (exact) mass is 289 g/mol. The fourth-order valence-corrected chi connectivity index (χ4v) is 2.96. The van der Waals surface area contributed by atoms with E-state index < -0.39 is 10.8 Å². The number of esters is 1. The summed E-state index contributed by atoms with van der Waals surface area (Å²) < 4.78 is 15.5. The third-order valence-electron chi connectivity index (χ3n) is 2.35. The summed E-state index contributed by atoms with van der Waals surface area (Å²) >= 11 is 1.62. The predicted molar refractivity (Wildman–Crippen MR) is 75.3 cm³/mol. The predicted octanol–water partition coefficient (Wildman–Crippen LogP) is 1.32. The van der Waals surface area contributed by atoms with Crippen molar-refractivity contribution in [3.05, 3.63) is 21.9 Å². The minimum absolute atomic E-state index is 0.207. The number of hydrogen-bond acceptors (Lipinski definition) is 5.